The number of anilines is 2. The Morgan fingerprint density at radius 2 is 2.07 bits per heavy atom. The number of nitrogens with two attached hydrogens (primary N) is 1. The Morgan fingerprint density at radius 3 is 2.79 bits per heavy atom. The number of Topliss-reactive ketones (excluding diaryl/α,β-unsaturated/α-hetero) is 1. The second-order valence-corrected chi connectivity index (χ2v) is 8.48. The zero-order valence-electron chi connectivity index (χ0n) is 16.1. The lowest BCUT2D eigenvalue weighted by Crippen LogP contribution is -2.29. The van der Waals surface area contributed by atoms with Crippen LogP contribution in [0.25, 0.3) is 5.57 Å². The molecular formula is C22H26N4OS. The monoisotopic (exact) mass is 394 g/mol. The molecule has 146 valence electrons. The number of nitrogens with one attached hydrogen (secondary N) is 2. The normalized spacial score (nSPS) is 18.4. The Morgan fingerprint density at radius 1 is 1.25 bits per heavy atom. The van der Waals surface area contributed by atoms with E-state index in [4.69, 9.17) is 5.84 Å². The number of rotatable bonds is 6. The number of thioether (sulfide) groups is 1. The Balaban J connectivity index is 1.79. The minimum atomic E-state index is 0.186. The molecule has 1 aromatic carbocycles. The van der Waals surface area contributed by atoms with Crippen molar-refractivity contribution in [2.24, 2.45) is 11.8 Å². The number of fused-ring (bicyclic) bond motifs is 1. The van der Waals surface area contributed by atoms with Gasteiger partial charge in [0.25, 0.3) is 0 Å². The Hall–Kier alpha value is -2.44. The number of aromatic nitrogens is 1. The summed E-state index contributed by atoms with van der Waals surface area (Å²) >= 11 is 1.90. The third kappa shape index (κ3) is 3.62. The van der Waals surface area contributed by atoms with Crippen LogP contribution in [-0.4, -0.2) is 28.8 Å². The maximum absolute atomic E-state index is 13.2. The molecule has 28 heavy (non-hydrogen) atoms. The summed E-state index contributed by atoms with van der Waals surface area (Å²) in [5.41, 5.74) is 5.40. The van der Waals surface area contributed by atoms with Crippen molar-refractivity contribution in [1.29, 1.82) is 0 Å². The van der Waals surface area contributed by atoms with Crippen molar-refractivity contribution in [3.63, 3.8) is 0 Å². The van der Waals surface area contributed by atoms with Crippen LogP contribution in [0, 0.1) is 5.92 Å². The van der Waals surface area contributed by atoms with Crippen LogP contribution in [0.3, 0.4) is 0 Å². The molecule has 5 nitrogen and oxygen atoms in total. The molecule has 4 N–H and O–H groups in total. The molecule has 0 bridgehead atoms. The Kier molecular flexibility index (Phi) is 5.59. The van der Waals surface area contributed by atoms with Gasteiger partial charge in [-0.15, -0.1) is 0 Å². The van der Waals surface area contributed by atoms with Crippen molar-refractivity contribution >= 4 is 34.5 Å². The van der Waals surface area contributed by atoms with Crippen LogP contribution in [0.1, 0.15) is 35.1 Å². The van der Waals surface area contributed by atoms with Crippen LogP contribution >= 0.6 is 11.8 Å². The molecule has 2 aliphatic rings. The summed E-state index contributed by atoms with van der Waals surface area (Å²) in [7, 11) is 0. The van der Waals surface area contributed by atoms with Crippen LogP contribution in [0.2, 0.25) is 0 Å². The molecule has 0 spiro atoms. The number of hydrogen-bond donors (Lipinski definition) is 3. The van der Waals surface area contributed by atoms with E-state index in [2.05, 4.69) is 23.3 Å². The van der Waals surface area contributed by atoms with Gasteiger partial charge in [0.15, 0.2) is 5.78 Å². The predicted molar refractivity (Wildman–Crippen MR) is 118 cm³/mol. The molecule has 1 unspecified atom stereocenters. The number of aromatic amines is 1. The topological polar surface area (TPSA) is 74.2 Å². The summed E-state index contributed by atoms with van der Waals surface area (Å²) in [6.07, 6.45) is 7.56. The molecule has 6 heteroatoms. The van der Waals surface area contributed by atoms with Crippen LogP contribution < -0.4 is 16.2 Å². The van der Waals surface area contributed by atoms with E-state index in [0.717, 1.165) is 58.4 Å². The lowest BCUT2D eigenvalue weighted by molar-refractivity contribution is 0.0955. The summed E-state index contributed by atoms with van der Waals surface area (Å²) in [6.45, 7) is 2.92. The van der Waals surface area contributed by atoms with Gasteiger partial charge in [-0.05, 0) is 53.8 Å². The fourth-order valence-corrected chi connectivity index (χ4v) is 4.73. The molecule has 1 aliphatic carbocycles. The third-order valence-electron chi connectivity index (χ3n) is 5.24. The van der Waals surface area contributed by atoms with Crippen molar-refractivity contribution in [3.8, 4) is 0 Å². The Labute approximate surface area is 170 Å². The van der Waals surface area contributed by atoms with E-state index in [1.807, 2.05) is 54.4 Å². The van der Waals surface area contributed by atoms with E-state index in [1.54, 1.807) is 5.01 Å². The largest absolute Gasteiger partial charge is 0.387 e. The molecule has 0 amide bonds. The summed E-state index contributed by atoms with van der Waals surface area (Å²) in [5, 5.41) is 4.83. The molecule has 0 fully saturated rings. The lowest BCUT2D eigenvalue weighted by Gasteiger charge is -2.25. The zero-order valence-corrected chi connectivity index (χ0v) is 16.9. The van der Waals surface area contributed by atoms with Gasteiger partial charge in [0, 0.05) is 18.7 Å². The van der Waals surface area contributed by atoms with Crippen molar-refractivity contribution < 1.29 is 4.79 Å². The number of para-hydroxylation sites is 1. The van der Waals surface area contributed by atoms with Crippen molar-refractivity contribution in [2.75, 3.05) is 23.1 Å². The second kappa shape index (κ2) is 8.29. The third-order valence-corrected chi connectivity index (χ3v) is 6.35. The highest BCUT2D eigenvalue weighted by Gasteiger charge is 2.33. The van der Waals surface area contributed by atoms with E-state index in [9.17, 15) is 4.79 Å². The number of carbonyl (C=O) groups is 1. The summed E-state index contributed by atoms with van der Waals surface area (Å²) in [4.78, 5) is 16.7. The fourth-order valence-electron chi connectivity index (χ4n) is 3.93. The summed E-state index contributed by atoms with van der Waals surface area (Å²) in [6, 6.07) is 9.80. The maximum Gasteiger partial charge on any atom is 0.167 e. The van der Waals surface area contributed by atoms with Crippen LogP contribution in [-0.2, 0) is 6.42 Å². The number of benzene rings is 1. The number of hydrazine groups is 1. The zero-order chi connectivity index (χ0) is 19.5. The van der Waals surface area contributed by atoms with Crippen molar-refractivity contribution in [1.82, 2.24) is 10.3 Å². The number of ketones is 1. The summed E-state index contributed by atoms with van der Waals surface area (Å²) < 4.78 is 0. The number of H-pyrrole nitrogens is 1. The fraction of sp³-hybridized carbons (Fsp3) is 0.318. The number of nitrogens with zero attached hydrogens (tertiary/aromatic N) is 1. The maximum atomic E-state index is 13.2. The van der Waals surface area contributed by atoms with Gasteiger partial charge in [0.1, 0.15) is 0 Å². The molecule has 1 aromatic heterocycles. The number of dihydropyridines is 1. The van der Waals surface area contributed by atoms with Gasteiger partial charge >= 0.3 is 0 Å². The predicted octanol–water partition coefficient (Wildman–Crippen LogP) is 4.03. The quantitative estimate of drug-likeness (QED) is 0.510. The molecule has 1 atom stereocenters. The van der Waals surface area contributed by atoms with Gasteiger partial charge < -0.3 is 10.3 Å². The van der Waals surface area contributed by atoms with Crippen LogP contribution in [0.4, 0.5) is 11.4 Å². The molecule has 1 aliphatic heterocycles. The second-order valence-electron chi connectivity index (χ2n) is 7.17. The van der Waals surface area contributed by atoms with Crippen molar-refractivity contribution in [3.05, 3.63) is 65.6 Å². The highest BCUT2D eigenvalue weighted by Crippen LogP contribution is 2.41. The van der Waals surface area contributed by atoms with E-state index < -0.39 is 0 Å². The van der Waals surface area contributed by atoms with Gasteiger partial charge in [0.2, 0.25) is 0 Å². The minimum absolute atomic E-state index is 0.186. The standard InChI is InChI=1S/C22H26N4OS/c1-2-28-14-15-12-18-20(19(27)13-15)22(26(23)17-6-4-3-5-7-17)21(25-18)16-8-10-24-11-9-16/h3-10,15,24-25H,2,11-14,23H2,1H3. The van der Waals surface area contributed by atoms with Gasteiger partial charge in [-0.2, -0.15) is 11.8 Å². The van der Waals surface area contributed by atoms with E-state index in [-0.39, 0.29) is 5.78 Å². The molecular weight excluding hydrogens is 368 g/mol. The smallest absolute Gasteiger partial charge is 0.167 e. The first-order valence-electron chi connectivity index (χ1n) is 9.75. The van der Waals surface area contributed by atoms with Gasteiger partial charge in [0.05, 0.1) is 22.6 Å². The SMILES string of the molecule is CCSCC1CC(=O)c2c([nH]c(C3=CCNC=C3)c2N(N)c2ccccc2)C1. The number of hydrogen-bond acceptors (Lipinski definition) is 5. The van der Waals surface area contributed by atoms with E-state index >= 15 is 0 Å². The number of allylic oxidation sites excluding steroid dienone is 2. The van der Waals surface area contributed by atoms with Crippen LogP contribution in [0.15, 0.2) is 48.7 Å². The molecule has 0 saturated heterocycles. The van der Waals surface area contributed by atoms with Gasteiger partial charge in [-0.3, -0.25) is 9.80 Å². The first-order chi connectivity index (χ1) is 13.7. The highest BCUT2D eigenvalue weighted by molar-refractivity contribution is 7.99. The summed E-state index contributed by atoms with van der Waals surface area (Å²) in [5.74, 6) is 9.22. The Bertz CT molecular complexity index is 916. The average Bonchev–Trinajstić information content (AvgIpc) is 3.13. The van der Waals surface area contributed by atoms with Crippen LogP contribution in [0.5, 0.6) is 0 Å². The van der Waals surface area contributed by atoms with E-state index in [0.29, 0.717) is 12.3 Å². The number of carbonyl (C=O) groups excluding carboxylic acids is 1. The van der Waals surface area contributed by atoms with Gasteiger partial charge in [-0.25, -0.2) is 5.84 Å². The molecule has 2 heterocycles. The minimum Gasteiger partial charge on any atom is -0.387 e. The molecule has 2 aromatic rings. The lowest BCUT2D eigenvalue weighted by atomic mass is 9.87. The van der Waals surface area contributed by atoms with Gasteiger partial charge in [-0.1, -0.05) is 31.2 Å². The average molecular weight is 395 g/mol. The molecule has 0 saturated carbocycles. The molecule has 0 radical (unpaired) electrons. The molecule has 4 rings (SSSR count). The highest BCUT2D eigenvalue weighted by atomic mass is 32.2. The van der Waals surface area contributed by atoms with Crippen molar-refractivity contribution in [2.45, 2.75) is 19.8 Å². The first kappa shape index (κ1) is 18.9. The van der Waals surface area contributed by atoms with E-state index in [1.165, 1.54) is 0 Å². The first-order valence-corrected chi connectivity index (χ1v) is 10.9.